The van der Waals surface area contributed by atoms with Gasteiger partial charge in [0.2, 0.25) is 5.91 Å². The molecule has 1 saturated heterocycles. The average molecular weight is 361 g/mol. The number of fused-ring (bicyclic) bond motifs is 1. The van der Waals surface area contributed by atoms with Gasteiger partial charge in [-0.3, -0.25) is 4.79 Å². The zero-order valence-corrected chi connectivity index (χ0v) is 15.9. The first kappa shape index (κ1) is 18.1. The van der Waals surface area contributed by atoms with Crippen molar-refractivity contribution in [3.8, 4) is 0 Å². The molecule has 1 fully saturated rings. The molecule has 25 heavy (non-hydrogen) atoms. The van der Waals surface area contributed by atoms with Crippen molar-refractivity contribution in [3.63, 3.8) is 0 Å². The number of anilines is 1. The van der Waals surface area contributed by atoms with Gasteiger partial charge in [-0.05, 0) is 37.8 Å². The van der Waals surface area contributed by atoms with Gasteiger partial charge in [-0.1, -0.05) is 37.3 Å². The molecule has 2 heterocycles. The number of carbonyl (C=O) groups excluding carboxylic acids is 1. The Kier molecular flexibility index (Phi) is 5.59. The highest BCUT2D eigenvalue weighted by Crippen LogP contribution is 2.31. The molecule has 1 amide bonds. The number of piperidine rings is 1. The summed E-state index contributed by atoms with van der Waals surface area (Å²) in [5, 5.41) is 4.34. The Morgan fingerprint density at radius 2 is 2.00 bits per heavy atom. The number of hydrogen-bond acceptors (Lipinski definition) is 5. The summed E-state index contributed by atoms with van der Waals surface area (Å²) in [5.74, 6) is 0.124. The van der Waals surface area contributed by atoms with Gasteiger partial charge in [-0.2, -0.15) is 0 Å². The van der Waals surface area contributed by atoms with Crippen molar-refractivity contribution in [3.05, 3.63) is 24.3 Å². The molecule has 0 spiro atoms. The van der Waals surface area contributed by atoms with Crippen LogP contribution in [0.2, 0.25) is 0 Å². The molecular formula is C19H28N4OS. The maximum atomic E-state index is 12.7. The van der Waals surface area contributed by atoms with Crippen molar-refractivity contribution in [2.24, 2.45) is 11.1 Å². The number of carbonyl (C=O) groups is 1. The third-order valence-corrected chi connectivity index (χ3v) is 6.71. The number of para-hydroxylation sites is 1. The molecule has 6 heteroatoms. The molecule has 5 nitrogen and oxygen atoms in total. The van der Waals surface area contributed by atoms with Crippen molar-refractivity contribution in [1.29, 1.82) is 0 Å². The molecule has 136 valence electrons. The van der Waals surface area contributed by atoms with E-state index in [4.69, 9.17) is 10.7 Å². The van der Waals surface area contributed by atoms with Crippen LogP contribution < -0.4 is 16.0 Å². The molecule has 1 aliphatic rings. The van der Waals surface area contributed by atoms with E-state index in [2.05, 4.69) is 28.4 Å². The third-order valence-electron chi connectivity index (χ3n) is 5.61. The highest BCUT2D eigenvalue weighted by atomic mass is 32.1. The third kappa shape index (κ3) is 3.65. The highest BCUT2D eigenvalue weighted by molar-refractivity contribution is 7.22. The Hall–Kier alpha value is -1.66. The van der Waals surface area contributed by atoms with Crippen molar-refractivity contribution in [2.75, 3.05) is 24.5 Å². The SMILES string of the molecule is CCC(CC)(CN)C(=O)NC1CCN(c2nc3ccccc3s2)CC1. The quantitative estimate of drug-likeness (QED) is 0.830. The number of thiazole rings is 1. The monoisotopic (exact) mass is 360 g/mol. The van der Waals surface area contributed by atoms with E-state index < -0.39 is 5.41 Å². The first-order valence-corrected chi connectivity index (χ1v) is 10.0. The van der Waals surface area contributed by atoms with Crippen LogP contribution in [0.25, 0.3) is 10.2 Å². The van der Waals surface area contributed by atoms with Crippen LogP contribution in [-0.2, 0) is 4.79 Å². The number of amides is 1. The van der Waals surface area contributed by atoms with Gasteiger partial charge in [-0.15, -0.1) is 0 Å². The molecule has 2 aromatic rings. The Morgan fingerprint density at radius 1 is 1.32 bits per heavy atom. The minimum atomic E-state index is -0.413. The summed E-state index contributed by atoms with van der Waals surface area (Å²) >= 11 is 1.74. The van der Waals surface area contributed by atoms with Crippen molar-refractivity contribution >= 4 is 32.6 Å². The molecule has 0 saturated carbocycles. The summed E-state index contributed by atoms with van der Waals surface area (Å²) in [6.45, 7) is 6.37. The molecule has 1 aromatic carbocycles. The molecule has 0 unspecified atom stereocenters. The normalized spacial score (nSPS) is 16.4. The maximum absolute atomic E-state index is 12.7. The molecule has 0 bridgehead atoms. The van der Waals surface area contributed by atoms with E-state index in [0.717, 1.165) is 49.4 Å². The minimum absolute atomic E-state index is 0.124. The average Bonchev–Trinajstić information content (AvgIpc) is 3.08. The van der Waals surface area contributed by atoms with E-state index in [9.17, 15) is 4.79 Å². The van der Waals surface area contributed by atoms with Crippen molar-refractivity contribution in [1.82, 2.24) is 10.3 Å². The summed E-state index contributed by atoms with van der Waals surface area (Å²) < 4.78 is 1.23. The van der Waals surface area contributed by atoms with E-state index in [-0.39, 0.29) is 11.9 Å². The van der Waals surface area contributed by atoms with E-state index >= 15 is 0 Å². The van der Waals surface area contributed by atoms with Gasteiger partial charge in [0.15, 0.2) is 5.13 Å². The second-order valence-corrected chi connectivity index (χ2v) is 7.90. The number of aromatic nitrogens is 1. The summed E-state index contributed by atoms with van der Waals surface area (Å²) in [5.41, 5.74) is 6.55. The number of nitrogens with two attached hydrogens (primary N) is 1. The topological polar surface area (TPSA) is 71.2 Å². The molecule has 0 aliphatic carbocycles. The number of benzene rings is 1. The molecular weight excluding hydrogens is 332 g/mol. The first-order chi connectivity index (χ1) is 12.1. The first-order valence-electron chi connectivity index (χ1n) is 9.23. The van der Waals surface area contributed by atoms with E-state index in [1.165, 1.54) is 4.70 Å². The lowest BCUT2D eigenvalue weighted by molar-refractivity contribution is -0.131. The Morgan fingerprint density at radius 3 is 2.60 bits per heavy atom. The van der Waals surface area contributed by atoms with Gasteiger partial charge in [0.05, 0.1) is 15.6 Å². The predicted molar refractivity (Wildman–Crippen MR) is 105 cm³/mol. The fraction of sp³-hybridized carbons (Fsp3) is 0.579. The van der Waals surface area contributed by atoms with Crippen LogP contribution >= 0.6 is 11.3 Å². The highest BCUT2D eigenvalue weighted by Gasteiger charge is 2.35. The Labute approximate surface area is 153 Å². The van der Waals surface area contributed by atoms with Gasteiger partial charge >= 0.3 is 0 Å². The fourth-order valence-corrected chi connectivity index (χ4v) is 4.52. The van der Waals surface area contributed by atoms with Crippen molar-refractivity contribution in [2.45, 2.75) is 45.6 Å². The fourth-order valence-electron chi connectivity index (χ4n) is 3.50. The lowest BCUT2D eigenvalue weighted by Crippen LogP contribution is -2.51. The molecule has 3 N–H and O–H groups in total. The van der Waals surface area contributed by atoms with Gasteiger partial charge in [0, 0.05) is 25.7 Å². The van der Waals surface area contributed by atoms with Gasteiger partial charge in [0.25, 0.3) is 0 Å². The van der Waals surface area contributed by atoms with Gasteiger partial charge < -0.3 is 16.0 Å². The summed E-state index contributed by atoms with van der Waals surface area (Å²) in [6.07, 6.45) is 3.48. The Balaban J connectivity index is 1.59. The lowest BCUT2D eigenvalue weighted by Gasteiger charge is -2.35. The van der Waals surface area contributed by atoms with E-state index in [1.54, 1.807) is 11.3 Å². The lowest BCUT2D eigenvalue weighted by atomic mass is 9.81. The number of rotatable bonds is 6. The zero-order chi connectivity index (χ0) is 17.9. The predicted octanol–water partition coefficient (Wildman–Crippen LogP) is 3.15. The van der Waals surface area contributed by atoms with Crippen LogP contribution in [-0.4, -0.2) is 36.6 Å². The number of nitrogens with one attached hydrogen (secondary N) is 1. The zero-order valence-electron chi connectivity index (χ0n) is 15.1. The second kappa shape index (κ2) is 7.70. The van der Waals surface area contributed by atoms with Crippen LogP contribution in [0.4, 0.5) is 5.13 Å². The van der Waals surface area contributed by atoms with Gasteiger partial charge in [0.1, 0.15) is 0 Å². The largest absolute Gasteiger partial charge is 0.353 e. The number of hydrogen-bond donors (Lipinski definition) is 2. The summed E-state index contributed by atoms with van der Waals surface area (Å²) in [7, 11) is 0. The van der Waals surface area contributed by atoms with Crippen LogP contribution in [0.3, 0.4) is 0 Å². The summed E-state index contributed by atoms with van der Waals surface area (Å²) in [6, 6.07) is 8.49. The maximum Gasteiger partial charge on any atom is 0.227 e. The standard InChI is InChI=1S/C19H28N4OS/c1-3-19(4-2,13-20)17(24)21-14-9-11-23(12-10-14)18-22-15-7-5-6-8-16(15)25-18/h5-8,14H,3-4,9-13,20H2,1-2H3,(H,21,24). The van der Waals surface area contributed by atoms with E-state index in [1.807, 2.05) is 19.9 Å². The Bertz CT molecular complexity index is 676. The van der Waals surface area contributed by atoms with E-state index in [0.29, 0.717) is 6.54 Å². The van der Waals surface area contributed by atoms with Crippen molar-refractivity contribution < 1.29 is 4.79 Å². The summed E-state index contributed by atoms with van der Waals surface area (Å²) in [4.78, 5) is 19.8. The molecule has 1 aromatic heterocycles. The van der Waals surface area contributed by atoms with Crippen LogP contribution in [0, 0.1) is 5.41 Å². The van der Waals surface area contributed by atoms with Crippen LogP contribution in [0.5, 0.6) is 0 Å². The smallest absolute Gasteiger partial charge is 0.227 e. The molecule has 3 rings (SSSR count). The van der Waals surface area contributed by atoms with Crippen LogP contribution in [0.1, 0.15) is 39.5 Å². The minimum Gasteiger partial charge on any atom is -0.353 e. The van der Waals surface area contributed by atoms with Crippen LogP contribution in [0.15, 0.2) is 24.3 Å². The number of nitrogens with zero attached hydrogens (tertiary/aromatic N) is 2. The molecule has 0 radical (unpaired) electrons. The van der Waals surface area contributed by atoms with Gasteiger partial charge in [-0.25, -0.2) is 4.98 Å². The second-order valence-electron chi connectivity index (χ2n) is 6.89. The molecule has 1 aliphatic heterocycles. The molecule has 0 atom stereocenters.